The van der Waals surface area contributed by atoms with E-state index in [-0.39, 0.29) is 37.5 Å². The second kappa shape index (κ2) is 68.3. The van der Waals surface area contributed by atoms with Gasteiger partial charge >= 0.3 is 17.9 Å². The molecule has 0 aromatic carbocycles. The molecule has 0 aliphatic carbocycles. The molecule has 1 unspecified atom stereocenters. The highest BCUT2D eigenvalue weighted by atomic mass is 16.6. The summed E-state index contributed by atoms with van der Waals surface area (Å²) in [4.78, 5) is 38.3. The number of hydrogen-bond acceptors (Lipinski definition) is 6. The van der Waals surface area contributed by atoms with Crippen molar-refractivity contribution in [2.24, 2.45) is 0 Å². The summed E-state index contributed by atoms with van der Waals surface area (Å²) in [6, 6.07) is 0. The molecule has 0 aliphatic heterocycles. The van der Waals surface area contributed by atoms with E-state index in [9.17, 15) is 14.4 Å². The van der Waals surface area contributed by atoms with Gasteiger partial charge in [-0.3, -0.25) is 14.4 Å². The maximum atomic E-state index is 12.9. The summed E-state index contributed by atoms with van der Waals surface area (Å²) >= 11 is 0. The van der Waals surface area contributed by atoms with Crippen molar-refractivity contribution in [2.75, 3.05) is 13.2 Å². The fraction of sp³-hybridized carbons (Fsp3) is 0.592. The molecular weight excluding hydrogens is 1010 g/mol. The summed E-state index contributed by atoms with van der Waals surface area (Å²) in [6.45, 7) is 6.34. The Morgan fingerprint density at radius 1 is 0.256 bits per heavy atom. The lowest BCUT2D eigenvalue weighted by molar-refractivity contribution is -0.167. The van der Waals surface area contributed by atoms with Crippen LogP contribution in [0.25, 0.3) is 0 Å². The predicted octanol–water partition coefficient (Wildman–Crippen LogP) is 23.0. The lowest BCUT2D eigenvalue weighted by Crippen LogP contribution is -2.30. The first-order valence-corrected chi connectivity index (χ1v) is 33.1. The molecule has 0 fully saturated rings. The van der Waals surface area contributed by atoms with E-state index >= 15 is 0 Å². The molecule has 0 radical (unpaired) electrons. The van der Waals surface area contributed by atoms with Gasteiger partial charge in [0.15, 0.2) is 6.10 Å². The summed E-state index contributed by atoms with van der Waals surface area (Å²) in [5.74, 6) is -1.00. The van der Waals surface area contributed by atoms with Crippen molar-refractivity contribution >= 4 is 17.9 Å². The molecule has 0 saturated carbocycles. The van der Waals surface area contributed by atoms with Crippen molar-refractivity contribution in [3.05, 3.63) is 170 Å². The third-order valence-corrected chi connectivity index (χ3v) is 13.5. The van der Waals surface area contributed by atoms with Crippen LogP contribution in [0, 0.1) is 0 Å². The van der Waals surface area contributed by atoms with Gasteiger partial charge in [0.2, 0.25) is 0 Å². The third-order valence-electron chi connectivity index (χ3n) is 13.5. The van der Waals surface area contributed by atoms with Crippen molar-refractivity contribution in [3.8, 4) is 0 Å². The minimum Gasteiger partial charge on any atom is -0.462 e. The standard InChI is InChI=1S/C76H120O6/c1-4-7-10-13-16-19-22-25-28-30-31-32-33-34-35-36-37-38-39-40-41-42-43-44-45-46-49-51-54-57-60-63-66-69-75(78)81-72-73(71-80-74(77)68-65-62-59-56-53-50-47-27-24-21-18-15-12-9-6-3)82-76(79)70-67-64-61-58-55-52-48-29-26-23-20-17-14-11-8-5-2/h7,9-10,12,16,18-19,21,25,27-28,31-32,34-35,37-38,40-41,43-44,46-47,49,53-54,56-57,73H,4-6,8,11,13-15,17,20,22-24,26,29-30,33,36,39,42,45,48,50-52,55,58-72H2,1-3H3/b10-7-,12-9-,19-16-,21-18-,28-25-,32-31-,35-34-,38-37-,41-40-,44-43-,47-27-,49-46-,56-53-,57-54-. The molecule has 0 aliphatic rings. The maximum absolute atomic E-state index is 12.9. The summed E-state index contributed by atoms with van der Waals surface area (Å²) < 4.78 is 16.8. The van der Waals surface area contributed by atoms with Crippen LogP contribution in [0.3, 0.4) is 0 Å². The Kier molecular flexibility index (Phi) is 63.9. The Morgan fingerprint density at radius 2 is 0.476 bits per heavy atom. The molecule has 0 saturated heterocycles. The van der Waals surface area contributed by atoms with Crippen LogP contribution < -0.4 is 0 Å². The topological polar surface area (TPSA) is 78.9 Å². The van der Waals surface area contributed by atoms with Gasteiger partial charge in [0.05, 0.1) is 0 Å². The molecule has 0 aromatic rings. The Morgan fingerprint density at radius 3 is 0.744 bits per heavy atom. The maximum Gasteiger partial charge on any atom is 0.306 e. The summed E-state index contributed by atoms with van der Waals surface area (Å²) in [5, 5.41) is 0. The molecular formula is C76H120O6. The molecule has 6 heteroatoms. The highest BCUT2D eigenvalue weighted by Gasteiger charge is 2.19. The van der Waals surface area contributed by atoms with Crippen LogP contribution in [-0.4, -0.2) is 37.2 Å². The number of carbonyl (C=O) groups is 3. The predicted molar refractivity (Wildman–Crippen MR) is 357 cm³/mol. The molecule has 0 spiro atoms. The molecule has 0 amide bonds. The van der Waals surface area contributed by atoms with Gasteiger partial charge in [-0.25, -0.2) is 0 Å². The average molecular weight is 1130 g/mol. The quantitative estimate of drug-likeness (QED) is 0.0261. The molecule has 0 N–H and O–H groups in total. The van der Waals surface area contributed by atoms with Crippen LogP contribution in [-0.2, 0) is 28.6 Å². The Hall–Kier alpha value is -5.23. The van der Waals surface area contributed by atoms with Crippen molar-refractivity contribution < 1.29 is 28.6 Å². The van der Waals surface area contributed by atoms with Gasteiger partial charge in [0, 0.05) is 19.3 Å². The van der Waals surface area contributed by atoms with Crippen molar-refractivity contribution in [1.29, 1.82) is 0 Å². The van der Waals surface area contributed by atoms with Crippen LogP contribution in [0.4, 0.5) is 0 Å². The molecule has 0 rings (SSSR count). The van der Waals surface area contributed by atoms with Gasteiger partial charge in [0.1, 0.15) is 13.2 Å². The molecule has 1 atom stereocenters. The zero-order chi connectivity index (χ0) is 59.2. The van der Waals surface area contributed by atoms with E-state index in [2.05, 4.69) is 191 Å². The number of ether oxygens (including phenoxy) is 3. The summed E-state index contributed by atoms with van der Waals surface area (Å²) in [6.07, 6.45) is 101. The van der Waals surface area contributed by atoms with E-state index < -0.39 is 6.10 Å². The van der Waals surface area contributed by atoms with Crippen LogP contribution >= 0.6 is 0 Å². The van der Waals surface area contributed by atoms with Crippen molar-refractivity contribution in [1.82, 2.24) is 0 Å². The Bertz CT molecular complexity index is 1870. The van der Waals surface area contributed by atoms with E-state index in [1.54, 1.807) is 0 Å². The molecule has 6 nitrogen and oxygen atoms in total. The lowest BCUT2D eigenvalue weighted by Gasteiger charge is -2.18. The van der Waals surface area contributed by atoms with Crippen molar-refractivity contribution in [3.63, 3.8) is 0 Å². The molecule has 0 heterocycles. The Labute approximate surface area is 504 Å². The fourth-order valence-corrected chi connectivity index (χ4v) is 8.58. The number of allylic oxidation sites excluding steroid dienone is 28. The summed E-state index contributed by atoms with van der Waals surface area (Å²) in [5.41, 5.74) is 0. The van der Waals surface area contributed by atoms with Crippen LogP contribution in [0.2, 0.25) is 0 Å². The van der Waals surface area contributed by atoms with E-state index in [0.29, 0.717) is 25.7 Å². The highest BCUT2D eigenvalue weighted by molar-refractivity contribution is 5.71. The molecule has 0 aromatic heterocycles. The minimum absolute atomic E-state index is 0.118. The smallest absolute Gasteiger partial charge is 0.306 e. The van der Waals surface area contributed by atoms with Crippen molar-refractivity contribution in [2.45, 2.75) is 277 Å². The largest absolute Gasteiger partial charge is 0.462 e. The van der Waals surface area contributed by atoms with E-state index in [1.807, 2.05) is 0 Å². The van der Waals surface area contributed by atoms with Crippen LogP contribution in [0.5, 0.6) is 0 Å². The lowest BCUT2D eigenvalue weighted by atomic mass is 10.0. The van der Waals surface area contributed by atoms with E-state index in [0.717, 1.165) is 135 Å². The zero-order valence-corrected chi connectivity index (χ0v) is 52.7. The van der Waals surface area contributed by atoms with Gasteiger partial charge in [-0.1, -0.05) is 287 Å². The number of carbonyl (C=O) groups excluding carboxylic acids is 3. The molecule has 0 bridgehead atoms. The first-order valence-electron chi connectivity index (χ1n) is 33.1. The second-order valence-corrected chi connectivity index (χ2v) is 21.3. The number of hydrogen-bond donors (Lipinski definition) is 0. The fourth-order valence-electron chi connectivity index (χ4n) is 8.58. The van der Waals surface area contributed by atoms with Gasteiger partial charge in [0.25, 0.3) is 0 Å². The number of esters is 3. The van der Waals surface area contributed by atoms with Gasteiger partial charge in [-0.2, -0.15) is 0 Å². The number of rotatable bonds is 58. The first-order chi connectivity index (χ1) is 40.5. The van der Waals surface area contributed by atoms with E-state index in [1.165, 1.54) is 83.5 Å². The summed E-state index contributed by atoms with van der Waals surface area (Å²) in [7, 11) is 0. The molecule has 460 valence electrons. The number of unbranched alkanes of at least 4 members (excludes halogenated alkanes) is 19. The first kappa shape index (κ1) is 76.8. The average Bonchev–Trinajstić information content (AvgIpc) is 3.47. The van der Waals surface area contributed by atoms with Gasteiger partial charge in [-0.15, -0.1) is 0 Å². The van der Waals surface area contributed by atoms with E-state index in [4.69, 9.17) is 14.2 Å². The third kappa shape index (κ3) is 65.6. The Balaban J connectivity index is 4.44. The zero-order valence-electron chi connectivity index (χ0n) is 52.7. The normalized spacial score (nSPS) is 13.3. The van der Waals surface area contributed by atoms with Gasteiger partial charge < -0.3 is 14.2 Å². The van der Waals surface area contributed by atoms with Crippen LogP contribution in [0.15, 0.2) is 170 Å². The highest BCUT2D eigenvalue weighted by Crippen LogP contribution is 2.15. The van der Waals surface area contributed by atoms with Gasteiger partial charge in [-0.05, 0) is 135 Å². The monoisotopic (exact) mass is 1130 g/mol. The minimum atomic E-state index is -0.821. The molecule has 82 heavy (non-hydrogen) atoms. The van der Waals surface area contributed by atoms with Crippen LogP contribution in [0.1, 0.15) is 271 Å². The SMILES string of the molecule is CC/C=C\C/C=C\C/C=C\C/C=C\C/C=C\C/C=C\C/C=C\C/C=C\C/C=C\C/C=C\CCCCC(=O)OCC(COC(=O)CCCC/C=C\C/C=C\C/C=C\C/C=C\CC)OC(=O)CCCCCCCCCCCCCCCCCC. The second-order valence-electron chi connectivity index (χ2n) is 21.3.